The van der Waals surface area contributed by atoms with Gasteiger partial charge >= 0.3 is 0 Å². The van der Waals surface area contributed by atoms with E-state index in [-0.39, 0.29) is 18.1 Å². The molecule has 1 aliphatic heterocycles. The molecule has 5 nitrogen and oxygen atoms in total. The predicted octanol–water partition coefficient (Wildman–Crippen LogP) is 1.53. The first-order valence-electron chi connectivity index (χ1n) is 6.39. The highest BCUT2D eigenvalue weighted by Gasteiger charge is 2.28. The van der Waals surface area contributed by atoms with Crippen molar-refractivity contribution in [1.82, 2.24) is 4.90 Å². The molecule has 19 heavy (non-hydrogen) atoms. The van der Waals surface area contributed by atoms with Crippen molar-refractivity contribution in [2.45, 2.75) is 26.1 Å². The summed E-state index contributed by atoms with van der Waals surface area (Å²) in [6, 6.07) is 5.10. The van der Waals surface area contributed by atoms with Gasteiger partial charge in [-0.2, -0.15) is 0 Å². The molecule has 2 atom stereocenters. The molecule has 2 unspecified atom stereocenters. The van der Waals surface area contributed by atoms with Crippen molar-refractivity contribution in [2.75, 3.05) is 25.9 Å². The Morgan fingerprint density at radius 2 is 2.00 bits per heavy atom. The highest BCUT2D eigenvalue weighted by molar-refractivity contribution is 5.98. The van der Waals surface area contributed by atoms with E-state index in [0.29, 0.717) is 30.1 Å². The van der Waals surface area contributed by atoms with E-state index in [9.17, 15) is 4.79 Å². The number of benzene rings is 1. The van der Waals surface area contributed by atoms with Crippen LogP contribution in [0.5, 0.6) is 5.75 Å². The Balaban J connectivity index is 2.26. The summed E-state index contributed by atoms with van der Waals surface area (Å²) in [5, 5.41) is 0. The van der Waals surface area contributed by atoms with Gasteiger partial charge in [-0.05, 0) is 32.0 Å². The maximum atomic E-state index is 12.6. The Bertz CT molecular complexity index is 466. The summed E-state index contributed by atoms with van der Waals surface area (Å²) in [6.07, 6.45) is 0.0829. The zero-order valence-electron chi connectivity index (χ0n) is 11.6. The average molecular weight is 264 g/mol. The van der Waals surface area contributed by atoms with Gasteiger partial charge < -0.3 is 20.1 Å². The number of amides is 1. The number of nitrogens with two attached hydrogens (primary N) is 1. The second-order valence-corrected chi connectivity index (χ2v) is 4.93. The molecule has 104 valence electrons. The Labute approximate surface area is 113 Å². The molecular weight excluding hydrogens is 244 g/mol. The van der Waals surface area contributed by atoms with Crippen molar-refractivity contribution in [3.05, 3.63) is 23.8 Å². The minimum absolute atomic E-state index is 0.0414. The molecule has 0 spiro atoms. The Morgan fingerprint density at radius 1 is 1.37 bits per heavy atom. The number of morpholine rings is 1. The van der Waals surface area contributed by atoms with Crippen molar-refractivity contribution >= 4 is 11.6 Å². The molecule has 1 aliphatic rings. The monoisotopic (exact) mass is 264 g/mol. The SMILES string of the molecule is COc1ccc(N)cc1C(=O)N1CC(C)OC(C)C1. The molecule has 1 fully saturated rings. The van der Waals surface area contributed by atoms with Crippen LogP contribution < -0.4 is 10.5 Å². The van der Waals surface area contributed by atoms with Gasteiger partial charge in [0.25, 0.3) is 5.91 Å². The lowest BCUT2D eigenvalue weighted by molar-refractivity contribution is -0.0586. The zero-order valence-corrected chi connectivity index (χ0v) is 11.6. The van der Waals surface area contributed by atoms with Crippen LogP contribution in [0.4, 0.5) is 5.69 Å². The lowest BCUT2D eigenvalue weighted by Gasteiger charge is -2.35. The molecule has 0 saturated carbocycles. The first-order chi connectivity index (χ1) is 9.01. The van der Waals surface area contributed by atoms with Crippen LogP contribution in [0, 0.1) is 0 Å². The van der Waals surface area contributed by atoms with E-state index >= 15 is 0 Å². The fraction of sp³-hybridized carbons (Fsp3) is 0.500. The lowest BCUT2D eigenvalue weighted by Crippen LogP contribution is -2.48. The van der Waals surface area contributed by atoms with E-state index < -0.39 is 0 Å². The average Bonchev–Trinajstić information content (AvgIpc) is 2.36. The van der Waals surface area contributed by atoms with Gasteiger partial charge in [-0.25, -0.2) is 0 Å². The number of hydrogen-bond acceptors (Lipinski definition) is 4. The van der Waals surface area contributed by atoms with E-state index in [1.54, 1.807) is 30.2 Å². The lowest BCUT2D eigenvalue weighted by atomic mass is 10.1. The third kappa shape index (κ3) is 2.98. The summed E-state index contributed by atoms with van der Waals surface area (Å²) in [5.41, 5.74) is 6.81. The fourth-order valence-corrected chi connectivity index (χ4v) is 2.41. The Kier molecular flexibility index (Phi) is 3.95. The molecule has 0 radical (unpaired) electrons. The number of nitrogens with zero attached hydrogens (tertiary/aromatic N) is 1. The van der Waals surface area contributed by atoms with Crippen LogP contribution >= 0.6 is 0 Å². The topological polar surface area (TPSA) is 64.8 Å². The van der Waals surface area contributed by atoms with Gasteiger partial charge in [0.1, 0.15) is 5.75 Å². The van der Waals surface area contributed by atoms with E-state index in [2.05, 4.69) is 0 Å². The number of hydrogen-bond donors (Lipinski definition) is 1. The van der Waals surface area contributed by atoms with Crippen LogP contribution in [0.1, 0.15) is 24.2 Å². The van der Waals surface area contributed by atoms with Crippen LogP contribution in [0.25, 0.3) is 0 Å². The zero-order chi connectivity index (χ0) is 14.0. The molecular formula is C14H20N2O3. The van der Waals surface area contributed by atoms with E-state index in [4.69, 9.17) is 15.2 Å². The highest BCUT2D eigenvalue weighted by Crippen LogP contribution is 2.24. The second kappa shape index (κ2) is 5.48. The quantitative estimate of drug-likeness (QED) is 0.823. The van der Waals surface area contributed by atoms with Crippen molar-refractivity contribution in [3.63, 3.8) is 0 Å². The molecule has 1 saturated heterocycles. The smallest absolute Gasteiger partial charge is 0.257 e. The van der Waals surface area contributed by atoms with Gasteiger partial charge in [-0.15, -0.1) is 0 Å². The minimum atomic E-state index is -0.0637. The standard InChI is InChI=1S/C14H20N2O3/c1-9-7-16(8-10(2)19-9)14(17)12-6-11(15)4-5-13(12)18-3/h4-6,9-10H,7-8,15H2,1-3H3. The third-order valence-electron chi connectivity index (χ3n) is 3.16. The first-order valence-corrected chi connectivity index (χ1v) is 6.39. The van der Waals surface area contributed by atoms with Crippen molar-refractivity contribution in [3.8, 4) is 5.75 Å². The number of rotatable bonds is 2. The molecule has 2 rings (SSSR count). The minimum Gasteiger partial charge on any atom is -0.496 e. The molecule has 0 aromatic heterocycles. The molecule has 1 heterocycles. The van der Waals surface area contributed by atoms with E-state index in [0.717, 1.165) is 0 Å². The van der Waals surface area contributed by atoms with Crippen molar-refractivity contribution in [1.29, 1.82) is 0 Å². The van der Waals surface area contributed by atoms with E-state index in [1.165, 1.54) is 0 Å². The largest absolute Gasteiger partial charge is 0.496 e. The molecule has 0 aliphatic carbocycles. The summed E-state index contributed by atoms with van der Waals surface area (Å²) in [5.74, 6) is 0.483. The number of carbonyl (C=O) groups excluding carboxylic acids is 1. The van der Waals surface area contributed by atoms with E-state index in [1.807, 2.05) is 13.8 Å². The number of anilines is 1. The van der Waals surface area contributed by atoms with Crippen LogP contribution in [0.2, 0.25) is 0 Å². The number of carbonyl (C=O) groups is 1. The normalized spacial score (nSPS) is 23.2. The van der Waals surface area contributed by atoms with Crippen LogP contribution in [0.15, 0.2) is 18.2 Å². The van der Waals surface area contributed by atoms with Gasteiger partial charge in [0.15, 0.2) is 0 Å². The van der Waals surface area contributed by atoms with Gasteiger partial charge in [0, 0.05) is 18.8 Å². The van der Waals surface area contributed by atoms with Crippen molar-refractivity contribution in [2.24, 2.45) is 0 Å². The molecule has 1 aromatic rings. The second-order valence-electron chi connectivity index (χ2n) is 4.93. The number of nitrogen functional groups attached to an aromatic ring is 1. The van der Waals surface area contributed by atoms with Gasteiger partial charge in [0.05, 0.1) is 24.9 Å². The highest BCUT2D eigenvalue weighted by atomic mass is 16.5. The maximum absolute atomic E-state index is 12.6. The third-order valence-corrected chi connectivity index (χ3v) is 3.16. The van der Waals surface area contributed by atoms with Gasteiger partial charge in [-0.1, -0.05) is 0 Å². The van der Waals surface area contributed by atoms with Crippen molar-refractivity contribution < 1.29 is 14.3 Å². The summed E-state index contributed by atoms with van der Waals surface area (Å²) < 4.78 is 10.9. The van der Waals surface area contributed by atoms with Gasteiger partial charge in [-0.3, -0.25) is 4.79 Å². The summed E-state index contributed by atoms with van der Waals surface area (Å²) in [7, 11) is 1.55. The maximum Gasteiger partial charge on any atom is 0.257 e. The number of ether oxygens (including phenoxy) is 2. The summed E-state index contributed by atoms with van der Waals surface area (Å²) in [6.45, 7) is 5.10. The Hall–Kier alpha value is -1.75. The molecule has 1 aromatic carbocycles. The first kappa shape index (κ1) is 13.7. The molecule has 2 N–H and O–H groups in total. The summed E-state index contributed by atoms with van der Waals surface area (Å²) in [4.78, 5) is 14.3. The fourth-order valence-electron chi connectivity index (χ4n) is 2.41. The van der Waals surface area contributed by atoms with Crippen LogP contribution in [-0.2, 0) is 4.74 Å². The number of methoxy groups -OCH3 is 1. The molecule has 5 heteroatoms. The van der Waals surface area contributed by atoms with Crippen LogP contribution in [0.3, 0.4) is 0 Å². The Morgan fingerprint density at radius 3 is 2.58 bits per heavy atom. The summed E-state index contributed by atoms with van der Waals surface area (Å²) >= 11 is 0. The molecule has 0 bridgehead atoms. The van der Waals surface area contributed by atoms with Gasteiger partial charge in [0.2, 0.25) is 0 Å². The molecule has 1 amide bonds. The van der Waals surface area contributed by atoms with Crippen LogP contribution in [-0.4, -0.2) is 43.2 Å². The predicted molar refractivity (Wildman–Crippen MR) is 73.3 cm³/mol.